The Morgan fingerprint density at radius 3 is 2.44 bits per heavy atom. The van der Waals surface area contributed by atoms with Crippen molar-refractivity contribution in [1.29, 1.82) is 0 Å². The number of hydrogen-bond donors (Lipinski definition) is 3. The molecule has 148 valence electrons. The minimum absolute atomic E-state index is 0.0390. The van der Waals surface area contributed by atoms with E-state index >= 15 is 0 Å². The van der Waals surface area contributed by atoms with Crippen LogP contribution in [0.15, 0.2) is 30.3 Å². The summed E-state index contributed by atoms with van der Waals surface area (Å²) in [5.41, 5.74) is 2.73. The van der Waals surface area contributed by atoms with Gasteiger partial charge in [-0.3, -0.25) is 14.8 Å². The lowest BCUT2D eigenvalue weighted by Crippen LogP contribution is -2.39. The van der Waals surface area contributed by atoms with Crippen molar-refractivity contribution < 1.29 is 14.3 Å². The van der Waals surface area contributed by atoms with E-state index < -0.39 is 6.23 Å². The Hall–Kier alpha value is -2.25. The number of H-pyrrole nitrogens is 1. The molecule has 2 atom stereocenters. The predicted octanol–water partition coefficient (Wildman–Crippen LogP) is 2.81. The van der Waals surface area contributed by atoms with E-state index in [4.69, 9.17) is 0 Å². The molecular formula is C20H29FN4O2. The third-order valence-corrected chi connectivity index (χ3v) is 4.51. The van der Waals surface area contributed by atoms with Crippen molar-refractivity contribution in [2.24, 2.45) is 0 Å². The number of aromatic nitrogens is 2. The van der Waals surface area contributed by atoms with Gasteiger partial charge in [0.1, 0.15) is 12.0 Å². The number of aliphatic hydroxyl groups is 1. The molecule has 0 aliphatic carbocycles. The molecule has 1 aliphatic heterocycles. The first-order chi connectivity index (χ1) is 12.8. The second-order valence-electron chi connectivity index (χ2n) is 7.22. The molecule has 27 heavy (non-hydrogen) atoms. The number of carbonyl (C=O) groups excluding carboxylic acids is 1. The zero-order valence-corrected chi connectivity index (χ0v) is 16.4. The average Bonchev–Trinajstić information content (AvgIpc) is 3.25. The lowest BCUT2D eigenvalue weighted by molar-refractivity contribution is 0.0350. The molecular weight excluding hydrogens is 347 g/mol. The lowest BCUT2D eigenvalue weighted by Gasteiger charge is -2.19. The number of carbonyl (C=O) groups is 1. The van der Waals surface area contributed by atoms with Crippen LogP contribution in [0.2, 0.25) is 0 Å². The number of aryl methyl sites for hydroxylation is 1. The third-order valence-electron chi connectivity index (χ3n) is 4.51. The lowest BCUT2D eigenvalue weighted by atomic mass is 10.1. The zero-order valence-electron chi connectivity index (χ0n) is 16.4. The van der Waals surface area contributed by atoms with Crippen molar-refractivity contribution in [3.63, 3.8) is 0 Å². The topological polar surface area (TPSA) is 81.2 Å². The Labute approximate surface area is 159 Å². The number of nitrogens with zero attached hydrogens (tertiary/aromatic N) is 2. The molecule has 2 aromatic rings. The molecule has 0 bridgehead atoms. The SMILES string of the molecule is CC(O)N1CCC(NC(=O)c2ccc(F)cc2)C1.Cc1cc(C(C)C)n[nH]1. The summed E-state index contributed by atoms with van der Waals surface area (Å²) in [5.74, 6) is -0.0184. The van der Waals surface area contributed by atoms with Crippen LogP contribution in [-0.4, -0.2) is 51.5 Å². The van der Waals surface area contributed by atoms with Gasteiger partial charge in [-0.2, -0.15) is 5.10 Å². The van der Waals surface area contributed by atoms with Crippen LogP contribution in [0.25, 0.3) is 0 Å². The summed E-state index contributed by atoms with van der Waals surface area (Å²) < 4.78 is 12.7. The minimum Gasteiger partial charge on any atom is -0.379 e. The maximum Gasteiger partial charge on any atom is 0.251 e. The number of likely N-dealkylation sites (tertiary alicyclic amines) is 1. The molecule has 3 rings (SSSR count). The number of hydrogen-bond acceptors (Lipinski definition) is 4. The van der Waals surface area contributed by atoms with Gasteiger partial charge in [-0.05, 0) is 56.5 Å². The van der Waals surface area contributed by atoms with Crippen LogP contribution in [0.4, 0.5) is 4.39 Å². The molecule has 0 spiro atoms. The number of rotatable bonds is 4. The van der Waals surface area contributed by atoms with Crippen molar-refractivity contribution in [2.75, 3.05) is 13.1 Å². The summed E-state index contributed by atoms with van der Waals surface area (Å²) in [6.45, 7) is 9.41. The fourth-order valence-electron chi connectivity index (χ4n) is 2.85. The van der Waals surface area contributed by atoms with Gasteiger partial charge >= 0.3 is 0 Å². The minimum atomic E-state index is -0.488. The van der Waals surface area contributed by atoms with E-state index in [0.717, 1.165) is 24.4 Å². The Kier molecular flexibility index (Phi) is 7.50. The van der Waals surface area contributed by atoms with E-state index in [1.54, 1.807) is 6.92 Å². The first-order valence-electron chi connectivity index (χ1n) is 9.26. The number of amides is 1. The standard InChI is InChI=1S/C13H17FN2O2.C7H12N2/c1-9(17)16-7-6-12(8-16)15-13(18)10-2-4-11(14)5-3-10;1-5(2)7-4-6(3)8-9-7/h2-5,9,12,17H,6-8H2,1H3,(H,15,18);4-5H,1-3H3,(H,8,9). The number of benzene rings is 1. The van der Waals surface area contributed by atoms with Crippen LogP contribution in [0, 0.1) is 12.7 Å². The molecule has 0 radical (unpaired) electrons. The maximum atomic E-state index is 12.7. The van der Waals surface area contributed by atoms with Crippen molar-refractivity contribution in [2.45, 2.75) is 52.3 Å². The quantitative estimate of drug-likeness (QED) is 0.766. The van der Waals surface area contributed by atoms with Gasteiger partial charge in [0.25, 0.3) is 5.91 Å². The van der Waals surface area contributed by atoms with E-state index in [-0.39, 0.29) is 17.8 Å². The average molecular weight is 376 g/mol. The van der Waals surface area contributed by atoms with Crippen LogP contribution in [0.3, 0.4) is 0 Å². The molecule has 2 unspecified atom stereocenters. The van der Waals surface area contributed by atoms with E-state index in [9.17, 15) is 14.3 Å². The second kappa shape index (κ2) is 9.62. The van der Waals surface area contributed by atoms with Gasteiger partial charge in [0.05, 0.1) is 5.69 Å². The van der Waals surface area contributed by atoms with Gasteiger partial charge in [-0.15, -0.1) is 0 Å². The molecule has 1 aromatic heterocycles. The second-order valence-corrected chi connectivity index (χ2v) is 7.22. The van der Waals surface area contributed by atoms with Crippen molar-refractivity contribution in [3.8, 4) is 0 Å². The van der Waals surface area contributed by atoms with Crippen molar-refractivity contribution in [1.82, 2.24) is 20.4 Å². The fraction of sp³-hybridized carbons (Fsp3) is 0.500. The smallest absolute Gasteiger partial charge is 0.251 e. The van der Waals surface area contributed by atoms with Crippen molar-refractivity contribution in [3.05, 3.63) is 53.1 Å². The summed E-state index contributed by atoms with van der Waals surface area (Å²) in [5, 5.41) is 19.3. The number of halogens is 1. The summed E-state index contributed by atoms with van der Waals surface area (Å²) in [7, 11) is 0. The molecule has 3 N–H and O–H groups in total. The van der Waals surface area contributed by atoms with Gasteiger partial charge in [-0.1, -0.05) is 13.8 Å². The molecule has 6 nitrogen and oxygen atoms in total. The van der Waals surface area contributed by atoms with Crippen LogP contribution >= 0.6 is 0 Å². The van der Waals surface area contributed by atoms with Crippen LogP contribution in [0.5, 0.6) is 0 Å². The molecule has 1 aromatic carbocycles. The Morgan fingerprint density at radius 2 is 2.00 bits per heavy atom. The van der Waals surface area contributed by atoms with E-state index in [1.165, 1.54) is 24.3 Å². The van der Waals surface area contributed by atoms with E-state index in [2.05, 4.69) is 35.4 Å². The van der Waals surface area contributed by atoms with Crippen molar-refractivity contribution >= 4 is 5.91 Å². The number of aliphatic hydroxyl groups excluding tert-OH is 1. The first kappa shape index (κ1) is 21.1. The summed E-state index contributed by atoms with van der Waals surface area (Å²) in [4.78, 5) is 13.8. The maximum absolute atomic E-state index is 12.7. The van der Waals surface area contributed by atoms with Gasteiger partial charge in [0.15, 0.2) is 0 Å². The number of aromatic amines is 1. The monoisotopic (exact) mass is 376 g/mol. The third kappa shape index (κ3) is 6.45. The highest BCUT2D eigenvalue weighted by Gasteiger charge is 2.26. The van der Waals surface area contributed by atoms with E-state index in [0.29, 0.717) is 18.0 Å². The van der Waals surface area contributed by atoms with Crippen LogP contribution in [0.1, 0.15) is 54.9 Å². The fourth-order valence-corrected chi connectivity index (χ4v) is 2.85. The zero-order chi connectivity index (χ0) is 20.0. The van der Waals surface area contributed by atoms with Crippen LogP contribution in [-0.2, 0) is 0 Å². The first-order valence-corrected chi connectivity index (χ1v) is 9.26. The highest BCUT2D eigenvalue weighted by atomic mass is 19.1. The highest BCUT2D eigenvalue weighted by Crippen LogP contribution is 2.12. The summed E-state index contributed by atoms with van der Waals surface area (Å²) in [6.07, 6.45) is 0.329. The van der Waals surface area contributed by atoms with Gasteiger partial charge in [0, 0.05) is 30.4 Å². The molecule has 1 aliphatic rings. The highest BCUT2D eigenvalue weighted by molar-refractivity contribution is 5.94. The Balaban J connectivity index is 0.000000244. The normalized spacial score (nSPS) is 18.1. The molecule has 1 saturated heterocycles. The predicted molar refractivity (Wildman–Crippen MR) is 103 cm³/mol. The van der Waals surface area contributed by atoms with E-state index in [1.807, 2.05) is 11.8 Å². The van der Waals surface area contributed by atoms with Gasteiger partial charge in [0.2, 0.25) is 0 Å². The van der Waals surface area contributed by atoms with Crippen LogP contribution < -0.4 is 5.32 Å². The number of nitrogens with one attached hydrogen (secondary N) is 2. The largest absolute Gasteiger partial charge is 0.379 e. The Morgan fingerprint density at radius 1 is 1.33 bits per heavy atom. The molecule has 1 fully saturated rings. The van der Waals surface area contributed by atoms with Gasteiger partial charge < -0.3 is 10.4 Å². The Bertz CT molecular complexity index is 728. The molecule has 7 heteroatoms. The summed E-state index contributed by atoms with van der Waals surface area (Å²) in [6, 6.07) is 7.58. The molecule has 2 heterocycles. The molecule has 0 saturated carbocycles. The van der Waals surface area contributed by atoms with Gasteiger partial charge in [-0.25, -0.2) is 4.39 Å². The summed E-state index contributed by atoms with van der Waals surface area (Å²) >= 11 is 0. The molecule has 1 amide bonds.